The molecule has 21 heavy (non-hydrogen) atoms. The number of benzene rings is 2. The van der Waals surface area contributed by atoms with E-state index in [1.165, 1.54) is 5.56 Å². The van der Waals surface area contributed by atoms with Gasteiger partial charge in [-0.25, -0.2) is 0 Å². The molecule has 0 aliphatic rings. The number of anilines is 1. The lowest BCUT2D eigenvalue weighted by molar-refractivity contribution is 0.309. The summed E-state index contributed by atoms with van der Waals surface area (Å²) in [6, 6.07) is 13.7. The molecule has 0 aliphatic heterocycles. The van der Waals surface area contributed by atoms with Gasteiger partial charge in [0.15, 0.2) is 0 Å². The van der Waals surface area contributed by atoms with E-state index in [9.17, 15) is 5.11 Å². The average molecular weight is 285 g/mol. The largest absolute Gasteiger partial charge is 0.508 e. The van der Waals surface area contributed by atoms with Crippen LogP contribution in [0.25, 0.3) is 0 Å². The van der Waals surface area contributed by atoms with Crippen molar-refractivity contribution in [2.24, 2.45) is 0 Å². The van der Waals surface area contributed by atoms with Gasteiger partial charge in [-0.2, -0.15) is 0 Å². The lowest BCUT2D eigenvalue weighted by atomic mass is 10.2. The zero-order valence-corrected chi connectivity index (χ0v) is 12.7. The Kier molecular flexibility index (Phi) is 5.50. The number of nitrogens with one attached hydrogen (secondary N) is 1. The molecule has 0 fully saturated rings. The van der Waals surface area contributed by atoms with Crippen LogP contribution in [-0.4, -0.2) is 11.7 Å². The molecule has 112 valence electrons. The molecule has 0 saturated heterocycles. The van der Waals surface area contributed by atoms with Gasteiger partial charge >= 0.3 is 0 Å². The third kappa shape index (κ3) is 4.71. The van der Waals surface area contributed by atoms with Crippen LogP contribution in [-0.2, 0) is 6.54 Å². The van der Waals surface area contributed by atoms with Crippen molar-refractivity contribution in [1.82, 2.24) is 0 Å². The summed E-state index contributed by atoms with van der Waals surface area (Å²) in [6.07, 6.45) is 2.23. The van der Waals surface area contributed by atoms with Crippen LogP contribution in [0.4, 0.5) is 5.69 Å². The zero-order chi connectivity index (χ0) is 15.1. The Balaban J connectivity index is 1.86. The minimum absolute atomic E-state index is 0.319. The van der Waals surface area contributed by atoms with Gasteiger partial charge in [0.2, 0.25) is 0 Å². The standard InChI is InChI=1S/C18H23NO2/c1-3-4-11-21-17-9-6-15(7-10-17)13-19-16-8-5-14(2)18(20)12-16/h5-10,12,19-20H,3-4,11,13H2,1-2H3. The lowest BCUT2D eigenvalue weighted by Gasteiger charge is -2.09. The smallest absolute Gasteiger partial charge is 0.120 e. The fourth-order valence-electron chi connectivity index (χ4n) is 1.96. The Morgan fingerprint density at radius 2 is 1.86 bits per heavy atom. The molecule has 2 N–H and O–H groups in total. The van der Waals surface area contributed by atoms with E-state index in [2.05, 4.69) is 24.4 Å². The molecule has 0 unspecified atom stereocenters. The molecule has 3 nitrogen and oxygen atoms in total. The van der Waals surface area contributed by atoms with Crippen LogP contribution in [0.3, 0.4) is 0 Å². The van der Waals surface area contributed by atoms with Crippen LogP contribution in [0.1, 0.15) is 30.9 Å². The first kappa shape index (κ1) is 15.2. The van der Waals surface area contributed by atoms with Gasteiger partial charge in [0.05, 0.1) is 6.61 Å². The molecule has 0 bridgehead atoms. The number of rotatable bonds is 7. The molecule has 2 rings (SSSR count). The minimum atomic E-state index is 0.319. The second-order valence-electron chi connectivity index (χ2n) is 5.20. The Morgan fingerprint density at radius 3 is 2.52 bits per heavy atom. The number of hydrogen-bond acceptors (Lipinski definition) is 3. The fourth-order valence-corrected chi connectivity index (χ4v) is 1.96. The second-order valence-corrected chi connectivity index (χ2v) is 5.20. The van der Waals surface area contributed by atoms with E-state index < -0.39 is 0 Å². The maximum atomic E-state index is 9.68. The summed E-state index contributed by atoms with van der Waals surface area (Å²) in [5.74, 6) is 1.24. The molecule has 0 radical (unpaired) electrons. The van der Waals surface area contributed by atoms with Gasteiger partial charge in [-0.05, 0) is 42.7 Å². The molecule has 0 heterocycles. The van der Waals surface area contributed by atoms with E-state index in [0.717, 1.165) is 43.0 Å². The van der Waals surface area contributed by atoms with Crippen LogP contribution >= 0.6 is 0 Å². The van der Waals surface area contributed by atoms with Crippen molar-refractivity contribution in [1.29, 1.82) is 0 Å². The summed E-state index contributed by atoms with van der Waals surface area (Å²) < 4.78 is 5.64. The highest BCUT2D eigenvalue weighted by Gasteiger charge is 1.99. The highest BCUT2D eigenvalue weighted by atomic mass is 16.5. The Labute approximate surface area is 126 Å². The van der Waals surface area contributed by atoms with Crippen molar-refractivity contribution in [3.63, 3.8) is 0 Å². The van der Waals surface area contributed by atoms with E-state index in [-0.39, 0.29) is 0 Å². The first-order chi connectivity index (χ1) is 10.2. The molecular weight excluding hydrogens is 262 g/mol. The topological polar surface area (TPSA) is 41.5 Å². The SMILES string of the molecule is CCCCOc1ccc(CNc2ccc(C)c(O)c2)cc1. The average Bonchev–Trinajstić information content (AvgIpc) is 2.50. The van der Waals surface area contributed by atoms with Gasteiger partial charge in [-0.3, -0.25) is 0 Å². The highest BCUT2D eigenvalue weighted by molar-refractivity contribution is 5.51. The van der Waals surface area contributed by atoms with Gasteiger partial charge in [0.1, 0.15) is 11.5 Å². The van der Waals surface area contributed by atoms with Crippen molar-refractivity contribution in [3.05, 3.63) is 53.6 Å². The molecule has 2 aromatic carbocycles. The molecule has 2 aromatic rings. The number of phenols is 1. The number of unbranched alkanes of at least 4 members (excludes halogenated alkanes) is 1. The molecule has 0 amide bonds. The summed E-state index contributed by atoms with van der Waals surface area (Å²) in [5, 5.41) is 13.0. The van der Waals surface area contributed by atoms with Crippen molar-refractivity contribution in [3.8, 4) is 11.5 Å². The Morgan fingerprint density at radius 1 is 1.10 bits per heavy atom. The minimum Gasteiger partial charge on any atom is -0.508 e. The first-order valence-electron chi connectivity index (χ1n) is 7.44. The predicted molar refractivity (Wildman–Crippen MR) is 87.0 cm³/mol. The zero-order valence-electron chi connectivity index (χ0n) is 12.7. The fraction of sp³-hybridized carbons (Fsp3) is 0.333. The van der Waals surface area contributed by atoms with E-state index in [1.54, 1.807) is 6.07 Å². The number of hydrogen-bond donors (Lipinski definition) is 2. The van der Waals surface area contributed by atoms with Crippen LogP contribution in [0, 0.1) is 6.92 Å². The summed E-state index contributed by atoms with van der Waals surface area (Å²) in [6.45, 7) is 5.53. The van der Waals surface area contributed by atoms with Crippen LogP contribution in [0.15, 0.2) is 42.5 Å². The summed E-state index contributed by atoms with van der Waals surface area (Å²) in [7, 11) is 0. The Bertz CT molecular complexity index is 564. The van der Waals surface area contributed by atoms with Crippen molar-refractivity contribution >= 4 is 5.69 Å². The van der Waals surface area contributed by atoms with E-state index in [4.69, 9.17) is 4.74 Å². The van der Waals surface area contributed by atoms with Gasteiger partial charge < -0.3 is 15.2 Å². The van der Waals surface area contributed by atoms with Crippen LogP contribution in [0.5, 0.6) is 11.5 Å². The lowest BCUT2D eigenvalue weighted by Crippen LogP contribution is -2.00. The molecular formula is C18H23NO2. The first-order valence-corrected chi connectivity index (χ1v) is 7.44. The number of ether oxygens (including phenoxy) is 1. The van der Waals surface area contributed by atoms with Crippen LogP contribution < -0.4 is 10.1 Å². The summed E-state index contributed by atoms with van der Waals surface area (Å²) in [4.78, 5) is 0. The van der Waals surface area contributed by atoms with E-state index in [1.807, 2.05) is 31.2 Å². The van der Waals surface area contributed by atoms with Crippen LogP contribution in [0.2, 0.25) is 0 Å². The van der Waals surface area contributed by atoms with Gasteiger partial charge in [0.25, 0.3) is 0 Å². The maximum Gasteiger partial charge on any atom is 0.120 e. The molecule has 0 saturated carbocycles. The van der Waals surface area contributed by atoms with E-state index in [0.29, 0.717) is 5.75 Å². The van der Waals surface area contributed by atoms with Crippen molar-refractivity contribution in [2.75, 3.05) is 11.9 Å². The third-order valence-corrected chi connectivity index (χ3v) is 3.40. The van der Waals surface area contributed by atoms with Crippen molar-refractivity contribution < 1.29 is 9.84 Å². The highest BCUT2D eigenvalue weighted by Crippen LogP contribution is 2.21. The van der Waals surface area contributed by atoms with Gasteiger partial charge in [-0.15, -0.1) is 0 Å². The third-order valence-electron chi connectivity index (χ3n) is 3.40. The summed E-state index contributed by atoms with van der Waals surface area (Å²) in [5.41, 5.74) is 2.98. The second kappa shape index (κ2) is 7.58. The van der Waals surface area contributed by atoms with Gasteiger partial charge in [0, 0.05) is 18.3 Å². The van der Waals surface area contributed by atoms with E-state index >= 15 is 0 Å². The Hall–Kier alpha value is -2.16. The normalized spacial score (nSPS) is 10.4. The maximum absolute atomic E-state index is 9.68. The monoisotopic (exact) mass is 285 g/mol. The quantitative estimate of drug-likeness (QED) is 0.736. The van der Waals surface area contributed by atoms with Crippen molar-refractivity contribution in [2.45, 2.75) is 33.2 Å². The summed E-state index contributed by atoms with van der Waals surface area (Å²) >= 11 is 0. The predicted octanol–water partition coefficient (Wildman–Crippen LogP) is 4.49. The molecule has 0 spiro atoms. The number of aryl methyl sites for hydroxylation is 1. The number of aromatic hydroxyl groups is 1. The molecule has 0 atom stereocenters. The molecule has 3 heteroatoms. The number of phenolic OH excluding ortho intramolecular Hbond substituents is 1. The van der Waals surface area contributed by atoms with Gasteiger partial charge in [-0.1, -0.05) is 31.5 Å². The molecule has 0 aliphatic carbocycles. The molecule has 0 aromatic heterocycles.